The molecule has 2 N–H and O–H groups in total. The highest BCUT2D eigenvalue weighted by molar-refractivity contribution is 4.82. The van der Waals surface area contributed by atoms with Gasteiger partial charge in [0.25, 0.3) is 0 Å². The minimum atomic E-state index is 0.0192. The molecule has 0 rings (SSSR count). The summed E-state index contributed by atoms with van der Waals surface area (Å²) < 4.78 is 0. The van der Waals surface area contributed by atoms with Crippen LogP contribution in [0.15, 0.2) is 0 Å². The first kappa shape index (κ1) is 16.4. The maximum absolute atomic E-state index is 9.46. The molecule has 17 heavy (non-hydrogen) atoms. The summed E-state index contributed by atoms with van der Waals surface area (Å²) in [5.41, 5.74) is 0.170. The first-order chi connectivity index (χ1) is 7.95. The number of hydrogen-bond donors (Lipinski definition) is 2. The van der Waals surface area contributed by atoms with Crippen LogP contribution in [0.2, 0.25) is 0 Å². The normalized spacial score (nSPS) is 12.5. The summed E-state index contributed by atoms with van der Waals surface area (Å²) in [7, 11) is 0. The van der Waals surface area contributed by atoms with E-state index >= 15 is 0 Å². The van der Waals surface area contributed by atoms with E-state index in [0.717, 1.165) is 32.4 Å². The second-order valence-electron chi connectivity index (χ2n) is 5.79. The van der Waals surface area contributed by atoms with Gasteiger partial charge in [0.1, 0.15) is 0 Å². The van der Waals surface area contributed by atoms with Crippen LogP contribution < -0.4 is 5.32 Å². The molecule has 3 nitrogen and oxygen atoms in total. The van der Waals surface area contributed by atoms with Crippen molar-refractivity contribution < 1.29 is 5.11 Å². The molecule has 0 spiro atoms. The molecule has 0 fully saturated rings. The van der Waals surface area contributed by atoms with Gasteiger partial charge in [-0.3, -0.25) is 0 Å². The van der Waals surface area contributed by atoms with Crippen LogP contribution in [0, 0.1) is 22.2 Å². The van der Waals surface area contributed by atoms with E-state index in [1.165, 1.54) is 0 Å². The zero-order valence-corrected chi connectivity index (χ0v) is 11.8. The predicted molar refractivity (Wildman–Crippen MR) is 71.6 cm³/mol. The van der Waals surface area contributed by atoms with E-state index in [1.54, 1.807) is 0 Å². The van der Waals surface area contributed by atoms with E-state index in [0.29, 0.717) is 6.42 Å². The Bertz CT molecular complexity index is 231. The molecule has 0 radical (unpaired) electrons. The minimum absolute atomic E-state index is 0.0192. The number of nitrogens with one attached hydrogen (secondary N) is 1. The maximum Gasteiger partial charge on any atom is 0.0621 e. The summed E-state index contributed by atoms with van der Waals surface area (Å²) in [6, 6.07) is 2.20. The Hall–Kier alpha value is -0.590. The summed E-state index contributed by atoms with van der Waals surface area (Å²) in [6.07, 6.45) is 3.51. The first-order valence-electron chi connectivity index (χ1n) is 6.64. The Labute approximate surface area is 106 Å². The van der Waals surface area contributed by atoms with Crippen molar-refractivity contribution in [1.82, 2.24) is 5.32 Å². The van der Waals surface area contributed by atoms with Gasteiger partial charge >= 0.3 is 0 Å². The van der Waals surface area contributed by atoms with Gasteiger partial charge in [-0.15, -0.1) is 0 Å². The first-order valence-corrected chi connectivity index (χ1v) is 6.64. The molecule has 0 unspecified atom stereocenters. The fraction of sp³-hybridized carbons (Fsp3) is 0.929. The summed E-state index contributed by atoms with van der Waals surface area (Å²) in [5, 5.41) is 21.5. The smallest absolute Gasteiger partial charge is 0.0621 e. The quantitative estimate of drug-likeness (QED) is 0.651. The van der Waals surface area contributed by atoms with Crippen molar-refractivity contribution in [3.05, 3.63) is 0 Å². The summed E-state index contributed by atoms with van der Waals surface area (Å²) in [5.74, 6) is 0. The molecule has 0 amide bonds. The number of nitrogens with zero attached hydrogens (tertiary/aromatic N) is 1. The molecular weight excluding hydrogens is 212 g/mol. The van der Waals surface area contributed by atoms with Crippen LogP contribution in [0.1, 0.15) is 53.4 Å². The third-order valence-corrected chi connectivity index (χ3v) is 3.85. The number of rotatable bonds is 9. The number of nitriles is 1. The molecule has 0 aliphatic rings. The lowest BCUT2D eigenvalue weighted by molar-refractivity contribution is 0.109. The Morgan fingerprint density at radius 3 is 2.18 bits per heavy atom. The summed E-state index contributed by atoms with van der Waals surface area (Å²) in [4.78, 5) is 0. The van der Waals surface area contributed by atoms with E-state index in [9.17, 15) is 5.11 Å². The number of aliphatic hydroxyl groups is 1. The monoisotopic (exact) mass is 240 g/mol. The lowest BCUT2D eigenvalue weighted by atomic mass is 9.82. The van der Waals surface area contributed by atoms with Crippen molar-refractivity contribution in [2.45, 2.75) is 53.4 Å². The molecule has 0 bridgehead atoms. The molecular formula is C14H28N2O. The molecule has 3 heteroatoms. The van der Waals surface area contributed by atoms with Gasteiger partial charge in [0.2, 0.25) is 0 Å². The van der Waals surface area contributed by atoms with Gasteiger partial charge in [-0.2, -0.15) is 5.26 Å². The third-order valence-electron chi connectivity index (χ3n) is 3.85. The molecule has 0 heterocycles. The molecule has 0 aromatic carbocycles. The van der Waals surface area contributed by atoms with Crippen LogP contribution in [-0.2, 0) is 0 Å². The number of hydrogen-bond acceptors (Lipinski definition) is 3. The van der Waals surface area contributed by atoms with Gasteiger partial charge < -0.3 is 10.4 Å². The van der Waals surface area contributed by atoms with Crippen molar-refractivity contribution in [2.24, 2.45) is 10.8 Å². The minimum Gasteiger partial charge on any atom is -0.396 e. The molecule has 0 aliphatic carbocycles. The Morgan fingerprint density at radius 2 is 1.76 bits per heavy atom. The zero-order chi connectivity index (χ0) is 13.4. The fourth-order valence-electron chi connectivity index (χ4n) is 1.93. The summed E-state index contributed by atoms with van der Waals surface area (Å²) in [6.45, 7) is 10.6. The van der Waals surface area contributed by atoms with Crippen LogP contribution in [0.5, 0.6) is 0 Å². The van der Waals surface area contributed by atoms with Crippen molar-refractivity contribution in [1.29, 1.82) is 5.26 Å². The van der Waals surface area contributed by atoms with Gasteiger partial charge in [0.15, 0.2) is 0 Å². The van der Waals surface area contributed by atoms with Crippen LogP contribution >= 0.6 is 0 Å². The van der Waals surface area contributed by atoms with Crippen molar-refractivity contribution in [2.75, 3.05) is 19.7 Å². The lowest BCUT2D eigenvalue weighted by Crippen LogP contribution is -2.40. The lowest BCUT2D eigenvalue weighted by Gasteiger charge is -2.32. The van der Waals surface area contributed by atoms with Crippen molar-refractivity contribution in [3.8, 4) is 6.07 Å². The van der Waals surface area contributed by atoms with E-state index in [1.807, 2.05) is 0 Å². The molecule has 0 saturated carbocycles. The zero-order valence-electron chi connectivity index (χ0n) is 11.8. The second-order valence-corrected chi connectivity index (χ2v) is 5.79. The van der Waals surface area contributed by atoms with Gasteiger partial charge in [0.05, 0.1) is 6.07 Å². The Kier molecular flexibility index (Phi) is 7.41. The molecule has 0 atom stereocenters. The topological polar surface area (TPSA) is 56.0 Å². The van der Waals surface area contributed by atoms with Crippen LogP contribution in [0.3, 0.4) is 0 Å². The molecule has 0 aliphatic heterocycles. The van der Waals surface area contributed by atoms with E-state index in [-0.39, 0.29) is 17.4 Å². The SMILES string of the molecule is CCC(CC)(CO)CNCC(C)(C)CCC#N. The predicted octanol–water partition coefficient (Wildman–Crippen LogP) is 2.70. The van der Waals surface area contributed by atoms with Crippen LogP contribution in [0.25, 0.3) is 0 Å². The van der Waals surface area contributed by atoms with Crippen LogP contribution in [0.4, 0.5) is 0 Å². The van der Waals surface area contributed by atoms with Crippen molar-refractivity contribution in [3.63, 3.8) is 0 Å². The second kappa shape index (κ2) is 7.68. The highest BCUT2D eigenvalue weighted by Gasteiger charge is 2.26. The van der Waals surface area contributed by atoms with Gasteiger partial charge in [-0.1, -0.05) is 27.7 Å². The molecule has 0 aromatic rings. The highest BCUT2D eigenvalue weighted by Crippen LogP contribution is 2.26. The van der Waals surface area contributed by atoms with Crippen LogP contribution in [-0.4, -0.2) is 24.8 Å². The Morgan fingerprint density at radius 1 is 1.18 bits per heavy atom. The third kappa shape index (κ3) is 6.05. The van der Waals surface area contributed by atoms with Crippen molar-refractivity contribution >= 4 is 0 Å². The van der Waals surface area contributed by atoms with E-state index < -0.39 is 0 Å². The van der Waals surface area contributed by atoms with E-state index in [4.69, 9.17) is 5.26 Å². The molecule has 0 aromatic heterocycles. The highest BCUT2D eigenvalue weighted by atomic mass is 16.3. The largest absolute Gasteiger partial charge is 0.396 e. The molecule has 0 saturated heterocycles. The van der Waals surface area contributed by atoms with Gasteiger partial charge in [0, 0.05) is 31.5 Å². The van der Waals surface area contributed by atoms with Gasteiger partial charge in [-0.05, 0) is 24.7 Å². The average molecular weight is 240 g/mol. The summed E-state index contributed by atoms with van der Waals surface area (Å²) >= 11 is 0. The van der Waals surface area contributed by atoms with E-state index in [2.05, 4.69) is 39.1 Å². The van der Waals surface area contributed by atoms with Gasteiger partial charge in [-0.25, -0.2) is 0 Å². The fourth-order valence-corrected chi connectivity index (χ4v) is 1.93. The average Bonchev–Trinajstić information content (AvgIpc) is 2.33. The maximum atomic E-state index is 9.46. The number of aliphatic hydroxyl groups excluding tert-OH is 1. The molecule has 100 valence electrons. The standard InChI is InChI=1S/C14H28N2O/c1-5-14(6-2,12-17)11-16-10-13(3,4)8-7-9-15/h16-17H,5-8,10-12H2,1-4H3. The Balaban J connectivity index is 4.08.